The fourth-order valence-electron chi connectivity index (χ4n) is 1.91. The number of aromatic amines is 1. The summed E-state index contributed by atoms with van der Waals surface area (Å²) in [6.45, 7) is 4.63. The Kier molecular flexibility index (Phi) is 11.9. The molecule has 0 unspecified atom stereocenters. The van der Waals surface area contributed by atoms with Gasteiger partial charge in [0, 0.05) is 51.1 Å². The normalized spacial score (nSPS) is 11.0. The van der Waals surface area contributed by atoms with E-state index in [1.54, 1.807) is 12.1 Å². The maximum Gasteiger partial charge on any atom is 0.251 e. The Morgan fingerprint density at radius 1 is 1.15 bits per heavy atom. The third-order valence-corrected chi connectivity index (χ3v) is 3.10. The summed E-state index contributed by atoms with van der Waals surface area (Å²) in [6.07, 6.45) is 2.51. The molecular formula is C17H22N5O3Y-. The molecule has 9 heteroatoms. The van der Waals surface area contributed by atoms with Crippen molar-refractivity contribution in [3.8, 4) is 0 Å². The van der Waals surface area contributed by atoms with Crippen molar-refractivity contribution in [2.45, 2.75) is 6.92 Å². The molecule has 2 N–H and O–H groups in total. The van der Waals surface area contributed by atoms with Crippen LogP contribution < -0.4 is 10.9 Å². The Hall–Kier alpha value is -1.48. The van der Waals surface area contributed by atoms with E-state index < -0.39 is 0 Å². The first-order valence-electron chi connectivity index (χ1n) is 8.06. The fourth-order valence-corrected chi connectivity index (χ4v) is 1.91. The van der Waals surface area contributed by atoms with Crippen LogP contribution in [-0.4, -0.2) is 60.4 Å². The van der Waals surface area contributed by atoms with Crippen molar-refractivity contribution in [2.75, 3.05) is 39.5 Å². The summed E-state index contributed by atoms with van der Waals surface area (Å²) in [6, 6.07) is 9.08. The summed E-state index contributed by atoms with van der Waals surface area (Å²) in [4.78, 5) is 26.6. The molecule has 2 aromatic rings. The number of aryl methyl sites for hydroxylation is 1. The van der Waals surface area contributed by atoms with Crippen LogP contribution in [0.15, 0.2) is 35.3 Å². The molecule has 1 amide bonds. The first-order chi connectivity index (χ1) is 12.3. The van der Waals surface area contributed by atoms with Crippen LogP contribution in [0.2, 0.25) is 0 Å². The summed E-state index contributed by atoms with van der Waals surface area (Å²) < 4.78 is 10.8. The molecule has 1 heterocycles. The standard InChI is InChI=1S/C17H22N5O3.Y/c1-14-20-13-21-17(22-14)19-8-10-25-12-11-24-9-7-18-16(23)15-5-3-2-4-6-15;/h2-6H,7-12H2,1H3,(H,18,23)(H,19,20,21,22);/q-1;. The molecular weight excluding hydrogens is 411 g/mol. The van der Waals surface area contributed by atoms with Gasteiger partial charge in [-0.05, 0) is 18.0 Å². The molecule has 0 spiro atoms. The zero-order valence-electron chi connectivity index (χ0n) is 14.8. The van der Waals surface area contributed by atoms with Gasteiger partial charge >= 0.3 is 0 Å². The van der Waals surface area contributed by atoms with Crippen LogP contribution in [0.3, 0.4) is 0 Å². The first kappa shape index (κ1) is 22.6. The van der Waals surface area contributed by atoms with Gasteiger partial charge in [0.25, 0.3) is 5.91 Å². The third-order valence-electron chi connectivity index (χ3n) is 3.10. The van der Waals surface area contributed by atoms with Gasteiger partial charge in [0.05, 0.1) is 33.0 Å². The molecule has 8 nitrogen and oxygen atoms in total. The minimum absolute atomic E-state index is 0. The van der Waals surface area contributed by atoms with Crippen LogP contribution in [0.4, 0.5) is 0 Å². The molecule has 0 aliphatic carbocycles. The van der Waals surface area contributed by atoms with E-state index in [1.165, 1.54) is 0 Å². The number of hydrogen-bond donors (Lipinski definition) is 2. The Balaban J connectivity index is 0.00000338. The summed E-state index contributed by atoms with van der Waals surface area (Å²) in [5.41, 5.74) is 1.13. The van der Waals surface area contributed by atoms with Gasteiger partial charge in [0.2, 0.25) is 0 Å². The molecule has 0 saturated heterocycles. The summed E-state index contributed by atoms with van der Waals surface area (Å²) in [5, 5.41) is 2.79. The predicted octanol–water partition coefficient (Wildman–Crippen LogP) is 0.275. The molecule has 0 aliphatic heterocycles. The van der Waals surface area contributed by atoms with Gasteiger partial charge in [0.15, 0.2) is 0 Å². The molecule has 1 aromatic carbocycles. The van der Waals surface area contributed by atoms with E-state index in [1.807, 2.05) is 25.1 Å². The second kappa shape index (κ2) is 13.7. The molecule has 2 rings (SSSR count). The molecule has 0 fully saturated rings. The Labute approximate surface area is 177 Å². The second-order valence-electron chi connectivity index (χ2n) is 5.09. The molecule has 0 bridgehead atoms. The number of amides is 1. The number of aromatic nitrogens is 3. The van der Waals surface area contributed by atoms with Gasteiger partial charge in [-0.3, -0.25) is 4.79 Å². The SMILES string of the molecule is Cc1n[c-]nc(=NCCOCCOCCNC(=O)c2ccccc2)[nH]1.[Y]. The van der Waals surface area contributed by atoms with Crippen LogP contribution in [0.1, 0.15) is 16.2 Å². The van der Waals surface area contributed by atoms with Gasteiger partial charge < -0.3 is 34.7 Å². The maximum atomic E-state index is 11.8. The quantitative estimate of drug-likeness (QED) is 0.414. The average molecular weight is 433 g/mol. The van der Waals surface area contributed by atoms with Crippen molar-refractivity contribution in [1.29, 1.82) is 0 Å². The summed E-state index contributed by atoms with van der Waals surface area (Å²) >= 11 is 0. The Morgan fingerprint density at radius 3 is 2.62 bits per heavy atom. The first-order valence-corrected chi connectivity index (χ1v) is 8.06. The number of carbonyl (C=O) groups excluding carboxylic acids is 1. The maximum absolute atomic E-state index is 11.8. The van der Waals surface area contributed by atoms with E-state index in [9.17, 15) is 4.79 Å². The van der Waals surface area contributed by atoms with E-state index >= 15 is 0 Å². The number of rotatable bonds is 10. The van der Waals surface area contributed by atoms with Crippen LogP contribution in [-0.2, 0) is 42.2 Å². The smallest absolute Gasteiger partial charge is 0.251 e. The van der Waals surface area contributed by atoms with E-state index in [0.717, 1.165) is 0 Å². The van der Waals surface area contributed by atoms with Crippen LogP contribution >= 0.6 is 0 Å². The molecule has 0 aliphatic rings. The fraction of sp³-hybridized carbons (Fsp3) is 0.412. The summed E-state index contributed by atoms with van der Waals surface area (Å²) in [5.74, 6) is 0.610. The largest absolute Gasteiger partial charge is 0.419 e. The van der Waals surface area contributed by atoms with E-state index in [2.05, 4.69) is 31.6 Å². The van der Waals surface area contributed by atoms with Crippen LogP contribution in [0, 0.1) is 13.3 Å². The minimum Gasteiger partial charge on any atom is -0.419 e. The van der Waals surface area contributed by atoms with Gasteiger partial charge in [-0.2, -0.15) is 0 Å². The van der Waals surface area contributed by atoms with Crippen molar-refractivity contribution in [3.63, 3.8) is 0 Å². The Morgan fingerprint density at radius 2 is 1.88 bits per heavy atom. The number of H-pyrrole nitrogens is 1. The zero-order chi connectivity index (χ0) is 17.7. The van der Waals surface area contributed by atoms with E-state index in [-0.39, 0.29) is 38.6 Å². The molecule has 0 saturated carbocycles. The molecule has 0 atom stereocenters. The molecule has 1 aromatic heterocycles. The van der Waals surface area contributed by atoms with Crippen molar-refractivity contribution in [3.05, 3.63) is 53.7 Å². The van der Waals surface area contributed by atoms with Crippen LogP contribution in [0.5, 0.6) is 0 Å². The van der Waals surface area contributed by atoms with Gasteiger partial charge in [0.1, 0.15) is 5.62 Å². The van der Waals surface area contributed by atoms with Crippen molar-refractivity contribution < 1.29 is 47.0 Å². The molecule has 1 radical (unpaired) electrons. The topological polar surface area (TPSA) is 101 Å². The van der Waals surface area contributed by atoms with Gasteiger partial charge in [-0.15, -0.1) is 0 Å². The van der Waals surface area contributed by atoms with Crippen molar-refractivity contribution in [2.24, 2.45) is 4.99 Å². The predicted molar refractivity (Wildman–Crippen MR) is 90.8 cm³/mol. The molecule has 137 valence electrons. The number of carbonyl (C=O) groups is 1. The molecule has 26 heavy (non-hydrogen) atoms. The van der Waals surface area contributed by atoms with Gasteiger partial charge in [-0.25, -0.2) is 0 Å². The van der Waals surface area contributed by atoms with Crippen molar-refractivity contribution in [1.82, 2.24) is 20.3 Å². The number of nitrogens with one attached hydrogen (secondary N) is 2. The Bertz CT molecular complexity index is 709. The van der Waals surface area contributed by atoms with Crippen molar-refractivity contribution >= 4 is 5.91 Å². The van der Waals surface area contributed by atoms with E-state index in [0.29, 0.717) is 56.5 Å². The number of benzene rings is 1. The monoisotopic (exact) mass is 433 g/mol. The van der Waals surface area contributed by atoms with Crippen LogP contribution in [0.25, 0.3) is 0 Å². The number of ether oxygens (including phenoxy) is 2. The third kappa shape index (κ3) is 9.28. The van der Waals surface area contributed by atoms with Gasteiger partial charge in [-0.1, -0.05) is 25.1 Å². The number of hydrogen-bond acceptors (Lipinski definition) is 6. The minimum atomic E-state index is -0.101. The average Bonchev–Trinajstić information content (AvgIpc) is 2.64. The number of nitrogens with zero attached hydrogens (tertiary/aromatic N) is 3. The van der Waals surface area contributed by atoms with E-state index in [4.69, 9.17) is 9.47 Å². The zero-order valence-corrected chi connectivity index (χ0v) is 17.6. The summed E-state index contributed by atoms with van der Waals surface area (Å²) in [7, 11) is 0. The second-order valence-corrected chi connectivity index (χ2v) is 5.09.